The molecular formula is C12H14F3NO3. The van der Waals surface area contributed by atoms with Gasteiger partial charge in [-0.25, -0.2) is 4.79 Å². The number of carbonyl (C=O) groups excluding carboxylic acids is 1. The first kappa shape index (κ1) is 15.1. The molecule has 0 radical (unpaired) electrons. The summed E-state index contributed by atoms with van der Waals surface area (Å²) in [5.41, 5.74) is 0.727. The highest BCUT2D eigenvalue weighted by molar-refractivity contribution is 5.67. The number of alkyl halides is 3. The molecule has 106 valence electrons. The fourth-order valence-corrected chi connectivity index (χ4v) is 1.34. The first-order valence-electron chi connectivity index (χ1n) is 5.46. The summed E-state index contributed by atoms with van der Waals surface area (Å²) in [6, 6.07) is 6.32. The molecule has 0 aromatic heterocycles. The predicted molar refractivity (Wildman–Crippen MR) is 61.9 cm³/mol. The lowest BCUT2D eigenvalue weighted by atomic mass is 10.1. The second kappa shape index (κ2) is 6.31. The third kappa shape index (κ3) is 5.50. The molecule has 0 saturated carbocycles. The Hall–Kier alpha value is -1.92. The molecule has 0 saturated heterocycles. The first-order valence-corrected chi connectivity index (χ1v) is 5.46. The minimum Gasteiger partial charge on any atom is -0.497 e. The van der Waals surface area contributed by atoms with Gasteiger partial charge in [0.1, 0.15) is 5.75 Å². The average Bonchev–Trinajstić information content (AvgIpc) is 2.35. The van der Waals surface area contributed by atoms with E-state index in [1.165, 1.54) is 7.11 Å². The SMILES string of the molecule is COc1ccc([C@H](C)NC(=O)OCC(F)(F)F)cc1. The van der Waals surface area contributed by atoms with Crippen molar-refractivity contribution in [1.29, 1.82) is 0 Å². The van der Waals surface area contributed by atoms with E-state index in [9.17, 15) is 18.0 Å². The maximum atomic E-state index is 11.8. The molecule has 0 fully saturated rings. The van der Waals surface area contributed by atoms with Gasteiger partial charge in [-0.1, -0.05) is 12.1 Å². The van der Waals surface area contributed by atoms with Crippen molar-refractivity contribution in [3.8, 4) is 5.75 Å². The molecule has 1 atom stereocenters. The van der Waals surface area contributed by atoms with E-state index < -0.39 is 24.9 Å². The smallest absolute Gasteiger partial charge is 0.422 e. The van der Waals surface area contributed by atoms with Crippen molar-refractivity contribution in [1.82, 2.24) is 5.32 Å². The number of nitrogens with one attached hydrogen (secondary N) is 1. The third-order valence-electron chi connectivity index (χ3n) is 2.32. The zero-order valence-corrected chi connectivity index (χ0v) is 10.5. The van der Waals surface area contributed by atoms with Gasteiger partial charge in [-0.3, -0.25) is 0 Å². The molecule has 7 heteroatoms. The van der Waals surface area contributed by atoms with Gasteiger partial charge in [-0.05, 0) is 24.6 Å². The van der Waals surface area contributed by atoms with Crippen molar-refractivity contribution in [2.24, 2.45) is 0 Å². The Balaban J connectivity index is 2.49. The molecular weight excluding hydrogens is 263 g/mol. The van der Waals surface area contributed by atoms with Crippen LogP contribution in [0.25, 0.3) is 0 Å². The van der Waals surface area contributed by atoms with Gasteiger partial charge in [0.05, 0.1) is 13.2 Å². The first-order chi connectivity index (χ1) is 8.81. The number of alkyl carbamates (subject to hydrolysis) is 1. The Bertz CT molecular complexity index is 417. The molecule has 0 aliphatic carbocycles. The lowest BCUT2D eigenvalue weighted by Crippen LogP contribution is -2.30. The van der Waals surface area contributed by atoms with Crippen LogP contribution < -0.4 is 10.1 Å². The number of ether oxygens (including phenoxy) is 2. The minimum absolute atomic E-state index is 0.466. The highest BCUT2D eigenvalue weighted by Crippen LogP contribution is 2.18. The second-order valence-corrected chi connectivity index (χ2v) is 3.83. The molecule has 0 aliphatic rings. The largest absolute Gasteiger partial charge is 0.497 e. The number of methoxy groups -OCH3 is 1. The Morgan fingerprint density at radius 2 is 1.89 bits per heavy atom. The number of carbonyl (C=O) groups is 1. The van der Waals surface area contributed by atoms with Crippen molar-refractivity contribution in [2.75, 3.05) is 13.7 Å². The quantitative estimate of drug-likeness (QED) is 0.920. The molecule has 4 nitrogen and oxygen atoms in total. The predicted octanol–water partition coefficient (Wildman–Crippen LogP) is 3.04. The third-order valence-corrected chi connectivity index (χ3v) is 2.32. The van der Waals surface area contributed by atoms with Crippen LogP contribution in [0.1, 0.15) is 18.5 Å². The Labute approximate surface area is 108 Å². The summed E-state index contributed by atoms with van der Waals surface area (Å²) in [6.07, 6.45) is -5.64. The molecule has 0 heterocycles. The standard InChI is InChI=1S/C12H14F3NO3/c1-8(9-3-5-10(18-2)6-4-9)16-11(17)19-7-12(13,14)15/h3-6,8H,7H2,1-2H3,(H,16,17)/t8-/m0/s1. The summed E-state index contributed by atoms with van der Waals surface area (Å²) in [4.78, 5) is 11.1. The van der Waals surface area contributed by atoms with Gasteiger partial charge in [-0.2, -0.15) is 13.2 Å². The summed E-state index contributed by atoms with van der Waals surface area (Å²) in [5.74, 6) is 0.649. The summed E-state index contributed by atoms with van der Waals surface area (Å²) in [6.45, 7) is 0.0326. The lowest BCUT2D eigenvalue weighted by Gasteiger charge is -2.15. The van der Waals surface area contributed by atoms with Crippen LogP contribution in [0.5, 0.6) is 5.75 Å². The van der Waals surface area contributed by atoms with Gasteiger partial charge >= 0.3 is 12.3 Å². The molecule has 0 unspecified atom stereocenters. The molecule has 1 N–H and O–H groups in total. The molecule has 0 spiro atoms. The van der Waals surface area contributed by atoms with Gasteiger partial charge in [0.25, 0.3) is 0 Å². The number of hydrogen-bond donors (Lipinski definition) is 1. The summed E-state index contributed by atoms with van der Waals surface area (Å²) in [5, 5.41) is 2.30. The highest BCUT2D eigenvalue weighted by atomic mass is 19.4. The van der Waals surface area contributed by atoms with Crippen LogP contribution in [0, 0.1) is 0 Å². The second-order valence-electron chi connectivity index (χ2n) is 3.83. The maximum Gasteiger partial charge on any atom is 0.422 e. The Morgan fingerprint density at radius 1 is 1.32 bits per heavy atom. The van der Waals surface area contributed by atoms with Gasteiger partial charge in [0.15, 0.2) is 6.61 Å². The monoisotopic (exact) mass is 277 g/mol. The normalized spacial score (nSPS) is 12.7. The highest BCUT2D eigenvalue weighted by Gasteiger charge is 2.29. The summed E-state index contributed by atoms with van der Waals surface area (Å²) >= 11 is 0. The van der Waals surface area contributed by atoms with E-state index in [4.69, 9.17) is 4.74 Å². The Morgan fingerprint density at radius 3 is 2.37 bits per heavy atom. The van der Waals surface area contributed by atoms with E-state index >= 15 is 0 Å². The van der Waals surface area contributed by atoms with Gasteiger partial charge in [0.2, 0.25) is 0 Å². The van der Waals surface area contributed by atoms with Gasteiger partial charge < -0.3 is 14.8 Å². The van der Waals surface area contributed by atoms with Crippen LogP contribution in [-0.4, -0.2) is 26.0 Å². The van der Waals surface area contributed by atoms with E-state index in [-0.39, 0.29) is 0 Å². The average molecular weight is 277 g/mol. The van der Waals surface area contributed by atoms with Crippen molar-refractivity contribution >= 4 is 6.09 Å². The molecule has 1 aromatic carbocycles. The minimum atomic E-state index is -4.53. The molecule has 0 aliphatic heterocycles. The van der Waals surface area contributed by atoms with E-state index in [1.54, 1.807) is 31.2 Å². The fourth-order valence-electron chi connectivity index (χ4n) is 1.34. The van der Waals surface area contributed by atoms with Gasteiger partial charge in [0, 0.05) is 0 Å². The summed E-state index contributed by atoms with van der Waals surface area (Å²) in [7, 11) is 1.52. The van der Waals surface area contributed by atoms with Crippen LogP contribution in [0.15, 0.2) is 24.3 Å². The number of rotatable bonds is 4. The van der Waals surface area contributed by atoms with Crippen molar-refractivity contribution in [2.45, 2.75) is 19.1 Å². The fraction of sp³-hybridized carbons (Fsp3) is 0.417. The van der Waals surface area contributed by atoms with Crippen LogP contribution in [0.2, 0.25) is 0 Å². The van der Waals surface area contributed by atoms with Crippen LogP contribution in [0.4, 0.5) is 18.0 Å². The molecule has 1 rings (SSSR count). The zero-order chi connectivity index (χ0) is 14.5. The molecule has 19 heavy (non-hydrogen) atoms. The van der Waals surface area contributed by atoms with E-state index in [2.05, 4.69) is 10.1 Å². The van der Waals surface area contributed by atoms with Crippen molar-refractivity contribution < 1.29 is 27.4 Å². The number of halogens is 3. The number of hydrogen-bond acceptors (Lipinski definition) is 3. The number of benzene rings is 1. The van der Waals surface area contributed by atoms with E-state index in [0.29, 0.717) is 5.75 Å². The Kier molecular flexibility index (Phi) is 5.02. The zero-order valence-electron chi connectivity index (χ0n) is 10.5. The molecule has 0 bridgehead atoms. The molecule has 1 amide bonds. The van der Waals surface area contributed by atoms with Crippen molar-refractivity contribution in [3.05, 3.63) is 29.8 Å². The van der Waals surface area contributed by atoms with E-state index in [1.807, 2.05) is 0 Å². The topological polar surface area (TPSA) is 47.6 Å². The lowest BCUT2D eigenvalue weighted by molar-refractivity contribution is -0.160. The van der Waals surface area contributed by atoms with Crippen LogP contribution in [0.3, 0.4) is 0 Å². The van der Waals surface area contributed by atoms with E-state index in [0.717, 1.165) is 5.56 Å². The van der Waals surface area contributed by atoms with Gasteiger partial charge in [-0.15, -0.1) is 0 Å². The number of amides is 1. The van der Waals surface area contributed by atoms with Crippen LogP contribution >= 0.6 is 0 Å². The van der Waals surface area contributed by atoms with Crippen molar-refractivity contribution in [3.63, 3.8) is 0 Å². The molecule has 1 aromatic rings. The summed E-state index contributed by atoms with van der Waals surface area (Å²) < 4.78 is 44.5. The van der Waals surface area contributed by atoms with Crippen LogP contribution in [-0.2, 0) is 4.74 Å². The maximum absolute atomic E-state index is 11.8.